The molecular weight excluding hydrogens is 354 g/mol. The Kier molecular flexibility index (Phi) is 7.72. The van der Waals surface area contributed by atoms with Gasteiger partial charge in [-0.1, -0.05) is 11.6 Å². The van der Waals surface area contributed by atoms with Gasteiger partial charge in [-0.3, -0.25) is 14.5 Å². The number of benzene rings is 1. The topological polar surface area (TPSA) is 75.9 Å². The first-order valence-corrected chi connectivity index (χ1v) is 9.35. The number of hydrogen-bond donors (Lipinski definition) is 1. The lowest BCUT2D eigenvalue weighted by Crippen LogP contribution is -2.35. The van der Waals surface area contributed by atoms with Crippen molar-refractivity contribution in [2.24, 2.45) is 11.7 Å². The summed E-state index contributed by atoms with van der Waals surface area (Å²) < 4.78 is 5.52. The van der Waals surface area contributed by atoms with Gasteiger partial charge in [0.25, 0.3) is 5.91 Å². The summed E-state index contributed by atoms with van der Waals surface area (Å²) in [6, 6.07) is 5.39. The van der Waals surface area contributed by atoms with Gasteiger partial charge in [0.05, 0.1) is 0 Å². The van der Waals surface area contributed by atoms with E-state index in [1.54, 1.807) is 31.1 Å². The quantitative estimate of drug-likeness (QED) is 0.749. The third-order valence-corrected chi connectivity index (χ3v) is 4.89. The molecule has 1 aromatic rings. The molecule has 0 saturated carbocycles. The fourth-order valence-electron chi connectivity index (χ4n) is 3.28. The molecule has 0 radical (unpaired) electrons. The third kappa shape index (κ3) is 6.50. The average Bonchev–Trinajstić information content (AvgIpc) is 2.59. The van der Waals surface area contributed by atoms with Crippen LogP contribution in [0, 0.1) is 5.92 Å². The Morgan fingerprint density at radius 1 is 1.38 bits per heavy atom. The molecule has 1 heterocycles. The highest BCUT2D eigenvalue weighted by atomic mass is 35.5. The van der Waals surface area contributed by atoms with Crippen molar-refractivity contribution in [2.45, 2.75) is 32.2 Å². The number of carbonyl (C=O) groups excluding carboxylic acids is 2. The highest BCUT2D eigenvalue weighted by molar-refractivity contribution is 6.30. The van der Waals surface area contributed by atoms with Gasteiger partial charge in [0.15, 0.2) is 6.61 Å². The van der Waals surface area contributed by atoms with Crippen LogP contribution in [0.3, 0.4) is 0 Å². The van der Waals surface area contributed by atoms with E-state index in [1.165, 1.54) is 0 Å². The largest absolute Gasteiger partial charge is 0.483 e. The lowest BCUT2D eigenvalue weighted by atomic mass is 9.93. The molecule has 1 aliphatic heterocycles. The molecule has 2 rings (SSSR count). The van der Waals surface area contributed by atoms with Crippen LogP contribution in [0.15, 0.2) is 18.2 Å². The van der Waals surface area contributed by atoms with E-state index in [-0.39, 0.29) is 12.5 Å². The lowest BCUT2D eigenvalue weighted by Gasteiger charge is -2.33. The third-order valence-electron chi connectivity index (χ3n) is 4.65. The molecule has 0 aliphatic carbocycles. The minimum atomic E-state index is -0.505. The Morgan fingerprint density at radius 2 is 2.15 bits per heavy atom. The summed E-state index contributed by atoms with van der Waals surface area (Å²) in [4.78, 5) is 26.8. The minimum Gasteiger partial charge on any atom is -0.483 e. The maximum atomic E-state index is 11.8. The number of nitrogens with zero attached hydrogens (tertiary/aromatic N) is 2. The van der Waals surface area contributed by atoms with Gasteiger partial charge in [-0.2, -0.15) is 0 Å². The summed E-state index contributed by atoms with van der Waals surface area (Å²) in [5.74, 6) is 0.827. The SMILES string of the molecule is CN(C)C(=O)CCC1CCCN(Cc2cc(Cl)ccc2OCC(N)=O)C1. The van der Waals surface area contributed by atoms with Crippen LogP contribution in [-0.2, 0) is 16.1 Å². The van der Waals surface area contributed by atoms with E-state index in [9.17, 15) is 9.59 Å². The summed E-state index contributed by atoms with van der Waals surface area (Å²) >= 11 is 6.13. The molecule has 0 bridgehead atoms. The summed E-state index contributed by atoms with van der Waals surface area (Å²) in [5.41, 5.74) is 6.12. The van der Waals surface area contributed by atoms with Gasteiger partial charge in [-0.15, -0.1) is 0 Å². The molecule has 1 atom stereocenters. The minimum absolute atomic E-state index is 0.149. The van der Waals surface area contributed by atoms with E-state index in [0.717, 1.165) is 37.9 Å². The van der Waals surface area contributed by atoms with Crippen LogP contribution >= 0.6 is 11.6 Å². The first-order valence-electron chi connectivity index (χ1n) is 8.97. The van der Waals surface area contributed by atoms with Gasteiger partial charge in [0, 0.05) is 44.2 Å². The van der Waals surface area contributed by atoms with Gasteiger partial charge < -0.3 is 15.4 Å². The smallest absolute Gasteiger partial charge is 0.255 e. The van der Waals surface area contributed by atoms with Crippen molar-refractivity contribution in [3.8, 4) is 5.75 Å². The summed E-state index contributed by atoms with van der Waals surface area (Å²) in [6.07, 6.45) is 3.76. The molecule has 1 fully saturated rings. The van der Waals surface area contributed by atoms with Crippen LogP contribution in [0.1, 0.15) is 31.2 Å². The van der Waals surface area contributed by atoms with Crippen molar-refractivity contribution in [1.29, 1.82) is 0 Å². The molecule has 7 heteroatoms. The molecule has 1 aliphatic rings. The van der Waals surface area contributed by atoms with Crippen molar-refractivity contribution in [1.82, 2.24) is 9.80 Å². The number of hydrogen-bond acceptors (Lipinski definition) is 4. The van der Waals surface area contributed by atoms with Crippen LogP contribution in [0.25, 0.3) is 0 Å². The van der Waals surface area contributed by atoms with Crippen molar-refractivity contribution in [3.05, 3.63) is 28.8 Å². The molecule has 144 valence electrons. The Hall–Kier alpha value is -1.79. The lowest BCUT2D eigenvalue weighted by molar-refractivity contribution is -0.129. The van der Waals surface area contributed by atoms with Crippen molar-refractivity contribution in [2.75, 3.05) is 33.8 Å². The first-order chi connectivity index (χ1) is 12.3. The molecule has 2 amide bonds. The number of halogens is 1. The predicted molar refractivity (Wildman–Crippen MR) is 102 cm³/mol. The van der Waals surface area contributed by atoms with Gasteiger partial charge in [-0.05, 0) is 49.9 Å². The van der Waals surface area contributed by atoms with Crippen molar-refractivity contribution in [3.63, 3.8) is 0 Å². The molecule has 1 unspecified atom stereocenters. The number of carbonyl (C=O) groups is 2. The Labute approximate surface area is 160 Å². The van der Waals surface area contributed by atoms with E-state index in [0.29, 0.717) is 29.7 Å². The van der Waals surface area contributed by atoms with Crippen LogP contribution in [0.4, 0.5) is 0 Å². The van der Waals surface area contributed by atoms with E-state index in [2.05, 4.69) is 4.90 Å². The number of piperidine rings is 1. The number of likely N-dealkylation sites (tertiary alicyclic amines) is 1. The maximum absolute atomic E-state index is 11.8. The zero-order valence-corrected chi connectivity index (χ0v) is 16.3. The highest BCUT2D eigenvalue weighted by Gasteiger charge is 2.22. The molecule has 26 heavy (non-hydrogen) atoms. The average molecular weight is 382 g/mol. The van der Waals surface area contributed by atoms with Gasteiger partial charge >= 0.3 is 0 Å². The number of ether oxygens (including phenoxy) is 1. The second kappa shape index (κ2) is 9.78. The van der Waals surface area contributed by atoms with Crippen LogP contribution in [0.2, 0.25) is 5.02 Å². The highest BCUT2D eigenvalue weighted by Crippen LogP contribution is 2.28. The van der Waals surface area contributed by atoms with Gasteiger partial charge in [0.2, 0.25) is 5.91 Å². The van der Waals surface area contributed by atoms with Gasteiger partial charge in [0.1, 0.15) is 5.75 Å². The van der Waals surface area contributed by atoms with E-state index < -0.39 is 5.91 Å². The van der Waals surface area contributed by atoms with Crippen molar-refractivity contribution < 1.29 is 14.3 Å². The second-order valence-corrected chi connectivity index (χ2v) is 7.51. The van der Waals surface area contributed by atoms with Crippen LogP contribution in [-0.4, -0.2) is 55.4 Å². The molecule has 6 nitrogen and oxygen atoms in total. The molecule has 0 aromatic heterocycles. The molecule has 1 saturated heterocycles. The molecule has 0 spiro atoms. The summed E-state index contributed by atoms with van der Waals surface area (Å²) in [7, 11) is 3.59. The van der Waals surface area contributed by atoms with E-state index >= 15 is 0 Å². The van der Waals surface area contributed by atoms with E-state index in [4.69, 9.17) is 22.1 Å². The normalized spacial score (nSPS) is 17.7. The fraction of sp³-hybridized carbons (Fsp3) is 0.579. The fourth-order valence-corrected chi connectivity index (χ4v) is 3.48. The number of amides is 2. The summed E-state index contributed by atoms with van der Waals surface area (Å²) in [5, 5.41) is 0.636. The number of nitrogens with two attached hydrogens (primary N) is 1. The van der Waals surface area contributed by atoms with Crippen LogP contribution in [0.5, 0.6) is 5.75 Å². The molecule has 1 aromatic carbocycles. The summed E-state index contributed by atoms with van der Waals surface area (Å²) in [6.45, 7) is 2.50. The number of primary amides is 1. The second-order valence-electron chi connectivity index (χ2n) is 7.08. The number of rotatable bonds is 8. The van der Waals surface area contributed by atoms with E-state index in [1.807, 2.05) is 6.07 Å². The molecular formula is C19H28ClN3O3. The Balaban J connectivity index is 1.95. The molecule has 2 N–H and O–H groups in total. The van der Waals surface area contributed by atoms with Crippen LogP contribution < -0.4 is 10.5 Å². The zero-order valence-electron chi connectivity index (χ0n) is 15.5. The first kappa shape index (κ1) is 20.5. The Morgan fingerprint density at radius 3 is 2.85 bits per heavy atom. The van der Waals surface area contributed by atoms with Gasteiger partial charge in [-0.25, -0.2) is 0 Å². The predicted octanol–water partition coefficient (Wildman–Crippen LogP) is 2.28. The standard InChI is InChI=1S/C19H28ClN3O3/c1-22(2)19(25)8-5-14-4-3-9-23(11-14)12-15-10-16(20)6-7-17(15)26-13-18(21)24/h6-7,10,14H,3-5,8-9,11-13H2,1-2H3,(H2,21,24). The monoisotopic (exact) mass is 381 g/mol. The zero-order chi connectivity index (χ0) is 19.1. The Bertz CT molecular complexity index is 636. The maximum Gasteiger partial charge on any atom is 0.255 e. The van der Waals surface area contributed by atoms with Crippen molar-refractivity contribution >= 4 is 23.4 Å².